The van der Waals surface area contributed by atoms with Gasteiger partial charge in [-0.2, -0.15) is 0 Å². The van der Waals surface area contributed by atoms with Crippen molar-refractivity contribution in [2.75, 3.05) is 13.6 Å². The number of nitrogens with zero attached hydrogens (tertiary/aromatic N) is 2. The van der Waals surface area contributed by atoms with Gasteiger partial charge in [0.2, 0.25) is 0 Å². The Labute approximate surface area is 138 Å². The van der Waals surface area contributed by atoms with Crippen LogP contribution in [0.5, 0.6) is 0 Å². The van der Waals surface area contributed by atoms with Crippen LogP contribution in [0.4, 0.5) is 0 Å². The van der Waals surface area contributed by atoms with Crippen LogP contribution < -0.4 is 0 Å². The van der Waals surface area contributed by atoms with E-state index in [2.05, 4.69) is 23.0 Å². The molecule has 1 fully saturated rings. The highest BCUT2D eigenvalue weighted by molar-refractivity contribution is 5.83. The fraction of sp³-hybridized carbons (Fsp3) is 0.500. The summed E-state index contributed by atoms with van der Waals surface area (Å²) in [5, 5.41) is 32.5. The molecule has 1 aromatic heterocycles. The summed E-state index contributed by atoms with van der Waals surface area (Å²) in [6.45, 7) is 1.22. The lowest BCUT2D eigenvalue weighted by Gasteiger charge is -2.18. The summed E-state index contributed by atoms with van der Waals surface area (Å²) in [5.41, 5.74) is 1.36. The average Bonchev–Trinajstić information content (AvgIpc) is 2.93. The highest BCUT2D eigenvalue weighted by Gasteiger charge is 2.29. The standard InChI is InChI=1S/C10H14N2.C4H6O6.2H2O/c1-12-7-3-5-10(12)9-4-2-6-11-8-9;5-1(3(7)8)2(6)4(9)10;;/h2,4,6,8,10H,3,5,7H2,1H3;1-2,5-6H,(H,7,8)(H,9,10);2*1H2/t10-;;;/m0.../s1. The molecule has 1 saturated heterocycles. The lowest BCUT2D eigenvalue weighted by Crippen LogP contribution is -2.39. The Morgan fingerprint density at radius 1 is 1.21 bits per heavy atom. The second-order valence-corrected chi connectivity index (χ2v) is 4.99. The highest BCUT2D eigenvalue weighted by Crippen LogP contribution is 2.29. The van der Waals surface area contributed by atoms with E-state index in [0.717, 1.165) is 0 Å². The zero-order chi connectivity index (χ0) is 16.7. The minimum atomic E-state index is -2.27. The molecule has 2 heterocycles. The van der Waals surface area contributed by atoms with Crippen molar-refractivity contribution in [3.05, 3.63) is 30.1 Å². The van der Waals surface area contributed by atoms with Crippen molar-refractivity contribution in [3.63, 3.8) is 0 Å². The molecular weight excluding hydrogens is 324 g/mol. The van der Waals surface area contributed by atoms with E-state index in [9.17, 15) is 9.59 Å². The lowest BCUT2D eigenvalue weighted by atomic mass is 10.1. The third kappa shape index (κ3) is 6.98. The van der Waals surface area contributed by atoms with Crippen LogP contribution in [0.2, 0.25) is 0 Å². The van der Waals surface area contributed by atoms with E-state index in [1.165, 1.54) is 24.9 Å². The van der Waals surface area contributed by atoms with E-state index in [1.807, 2.05) is 18.5 Å². The smallest absolute Gasteiger partial charge is 0.335 e. The fourth-order valence-corrected chi connectivity index (χ4v) is 2.17. The maximum absolute atomic E-state index is 9.77. The van der Waals surface area contributed by atoms with Crippen LogP contribution in [0.3, 0.4) is 0 Å². The number of hydrogen-bond acceptors (Lipinski definition) is 6. The molecule has 2 rings (SSSR count). The van der Waals surface area contributed by atoms with Crippen LogP contribution in [-0.4, -0.2) is 79.0 Å². The number of carboxylic acid groups (broad SMARTS) is 2. The van der Waals surface area contributed by atoms with E-state index in [0.29, 0.717) is 6.04 Å². The van der Waals surface area contributed by atoms with Gasteiger partial charge in [-0.1, -0.05) is 6.07 Å². The average molecular weight is 348 g/mol. The van der Waals surface area contributed by atoms with Gasteiger partial charge in [-0.05, 0) is 38.1 Å². The van der Waals surface area contributed by atoms with Crippen molar-refractivity contribution in [1.29, 1.82) is 0 Å². The van der Waals surface area contributed by atoms with Gasteiger partial charge < -0.3 is 31.4 Å². The summed E-state index contributed by atoms with van der Waals surface area (Å²) in [6.07, 6.45) is 1.87. The van der Waals surface area contributed by atoms with E-state index < -0.39 is 24.1 Å². The molecule has 1 aliphatic heterocycles. The second-order valence-electron chi connectivity index (χ2n) is 4.99. The van der Waals surface area contributed by atoms with Crippen molar-refractivity contribution >= 4 is 11.9 Å². The zero-order valence-corrected chi connectivity index (χ0v) is 13.2. The number of aromatic nitrogens is 1. The fourth-order valence-electron chi connectivity index (χ4n) is 2.17. The zero-order valence-electron chi connectivity index (χ0n) is 13.2. The summed E-state index contributed by atoms with van der Waals surface area (Å²) in [6, 6.07) is 4.79. The summed E-state index contributed by atoms with van der Waals surface area (Å²) >= 11 is 0. The normalized spacial score (nSPS) is 18.9. The molecule has 3 atom stereocenters. The van der Waals surface area contributed by atoms with Crippen molar-refractivity contribution < 1.29 is 41.0 Å². The molecule has 0 bridgehead atoms. The van der Waals surface area contributed by atoms with Crippen LogP contribution in [0.25, 0.3) is 0 Å². The Kier molecular flexibility index (Phi) is 11.5. The van der Waals surface area contributed by atoms with Crippen LogP contribution >= 0.6 is 0 Å². The maximum atomic E-state index is 9.77. The van der Waals surface area contributed by atoms with Crippen molar-refractivity contribution in [2.45, 2.75) is 31.1 Å². The van der Waals surface area contributed by atoms with Gasteiger partial charge >= 0.3 is 11.9 Å². The number of aliphatic hydroxyl groups is 2. The molecule has 0 amide bonds. The maximum Gasteiger partial charge on any atom is 0.335 e. The van der Waals surface area contributed by atoms with Crippen LogP contribution in [0.1, 0.15) is 24.4 Å². The molecule has 1 aliphatic rings. The third-order valence-electron chi connectivity index (χ3n) is 3.39. The summed E-state index contributed by atoms with van der Waals surface area (Å²) in [5.74, 6) is -3.54. The third-order valence-corrected chi connectivity index (χ3v) is 3.39. The molecule has 138 valence electrons. The molecule has 0 aromatic carbocycles. The summed E-state index contributed by atoms with van der Waals surface area (Å²) < 4.78 is 0. The Morgan fingerprint density at radius 2 is 1.75 bits per heavy atom. The molecule has 8 N–H and O–H groups in total. The number of pyridine rings is 1. The van der Waals surface area contributed by atoms with Gasteiger partial charge in [0.25, 0.3) is 0 Å². The monoisotopic (exact) mass is 348 g/mol. The Hall–Kier alpha value is -2.11. The predicted octanol–water partition coefficient (Wildman–Crippen LogP) is -1.92. The van der Waals surface area contributed by atoms with E-state index in [1.54, 1.807) is 0 Å². The molecule has 0 saturated carbocycles. The highest BCUT2D eigenvalue weighted by atomic mass is 16.4. The minimum absolute atomic E-state index is 0. The van der Waals surface area contributed by atoms with Gasteiger partial charge in [0, 0.05) is 18.4 Å². The first-order chi connectivity index (χ1) is 10.3. The largest absolute Gasteiger partial charge is 0.479 e. The van der Waals surface area contributed by atoms with Crippen molar-refractivity contribution in [3.8, 4) is 0 Å². The molecule has 0 aliphatic carbocycles. The van der Waals surface area contributed by atoms with Crippen LogP contribution in [-0.2, 0) is 9.59 Å². The molecule has 1 aromatic rings. The number of aliphatic hydroxyl groups excluding tert-OH is 2. The van der Waals surface area contributed by atoms with Gasteiger partial charge in [0.05, 0.1) is 0 Å². The lowest BCUT2D eigenvalue weighted by molar-refractivity contribution is -0.165. The second kappa shape index (κ2) is 11.4. The number of aliphatic carboxylic acids is 2. The molecular formula is C14H24N2O8. The number of likely N-dealkylation sites (tertiary alicyclic amines) is 1. The molecule has 10 heteroatoms. The van der Waals surface area contributed by atoms with Crippen LogP contribution in [0.15, 0.2) is 24.5 Å². The van der Waals surface area contributed by atoms with Crippen molar-refractivity contribution in [1.82, 2.24) is 9.88 Å². The summed E-state index contributed by atoms with van der Waals surface area (Å²) in [4.78, 5) is 26.1. The molecule has 0 spiro atoms. The predicted molar refractivity (Wildman–Crippen MR) is 83.4 cm³/mol. The SMILES string of the molecule is CN1CCC[C@H]1c1cccnc1.O.O.O=C(O)C(O)C(O)C(=O)O. The van der Waals surface area contributed by atoms with E-state index in [-0.39, 0.29) is 11.0 Å². The summed E-state index contributed by atoms with van der Waals surface area (Å²) in [7, 11) is 2.19. The Balaban J connectivity index is 0. The van der Waals surface area contributed by atoms with Gasteiger partial charge in [0.15, 0.2) is 12.2 Å². The number of rotatable bonds is 4. The number of hydrogen-bond donors (Lipinski definition) is 4. The van der Waals surface area contributed by atoms with E-state index >= 15 is 0 Å². The molecule has 24 heavy (non-hydrogen) atoms. The molecule has 10 nitrogen and oxygen atoms in total. The Morgan fingerprint density at radius 3 is 2.08 bits per heavy atom. The van der Waals surface area contributed by atoms with Crippen LogP contribution in [0, 0.1) is 0 Å². The first-order valence-electron chi connectivity index (χ1n) is 6.76. The minimum Gasteiger partial charge on any atom is -0.479 e. The van der Waals surface area contributed by atoms with E-state index in [4.69, 9.17) is 20.4 Å². The van der Waals surface area contributed by atoms with Gasteiger partial charge in [0.1, 0.15) is 0 Å². The first kappa shape index (κ1) is 24.1. The number of carboxylic acids is 2. The first-order valence-corrected chi connectivity index (χ1v) is 6.76. The van der Waals surface area contributed by atoms with Gasteiger partial charge in [-0.15, -0.1) is 0 Å². The van der Waals surface area contributed by atoms with Gasteiger partial charge in [-0.25, -0.2) is 9.59 Å². The topological polar surface area (TPSA) is 194 Å². The van der Waals surface area contributed by atoms with Crippen molar-refractivity contribution in [2.24, 2.45) is 0 Å². The Bertz CT molecular complexity index is 481. The van der Waals surface area contributed by atoms with Gasteiger partial charge in [-0.3, -0.25) is 9.88 Å². The molecule has 2 unspecified atom stereocenters. The molecule has 0 radical (unpaired) electrons. The quantitative estimate of drug-likeness (QED) is 0.483. The number of carbonyl (C=O) groups is 2.